The molecule has 1 heterocycles. The second-order valence-corrected chi connectivity index (χ2v) is 5.39. The number of aryl methyl sites for hydroxylation is 1. The summed E-state index contributed by atoms with van der Waals surface area (Å²) in [6, 6.07) is 3.90. The van der Waals surface area contributed by atoms with Crippen LogP contribution in [0, 0.1) is 12.8 Å². The molecule has 0 aliphatic carbocycles. The van der Waals surface area contributed by atoms with E-state index in [9.17, 15) is 4.79 Å². The SMILES string of the molecule is Cc1cc(Cl)c2c(c1)NC(=O)C2(C)C(C)C. The molecule has 1 aromatic rings. The number of carbonyl (C=O) groups excluding carboxylic acids is 1. The maximum Gasteiger partial charge on any atom is 0.235 e. The summed E-state index contributed by atoms with van der Waals surface area (Å²) < 4.78 is 0. The number of carbonyl (C=O) groups is 1. The van der Waals surface area contributed by atoms with Gasteiger partial charge in [-0.2, -0.15) is 0 Å². The fourth-order valence-corrected chi connectivity index (χ4v) is 2.76. The Hall–Kier alpha value is -1.02. The molecule has 2 rings (SSSR count). The molecular weight excluding hydrogens is 222 g/mol. The van der Waals surface area contributed by atoms with Gasteiger partial charge in [0.2, 0.25) is 5.91 Å². The summed E-state index contributed by atoms with van der Waals surface area (Å²) in [6.45, 7) is 8.03. The molecule has 86 valence electrons. The van der Waals surface area contributed by atoms with Crippen LogP contribution in [0.25, 0.3) is 0 Å². The number of anilines is 1. The summed E-state index contributed by atoms with van der Waals surface area (Å²) >= 11 is 6.28. The molecular formula is C13H16ClNO. The minimum Gasteiger partial charge on any atom is -0.325 e. The average molecular weight is 238 g/mol. The second kappa shape index (κ2) is 3.49. The topological polar surface area (TPSA) is 29.1 Å². The van der Waals surface area contributed by atoms with Gasteiger partial charge in [0.05, 0.1) is 5.41 Å². The first-order chi connectivity index (χ1) is 7.37. The van der Waals surface area contributed by atoms with Crippen molar-refractivity contribution in [3.63, 3.8) is 0 Å². The molecule has 2 nitrogen and oxygen atoms in total. The summed E-state index contributed by atoms with van der Waals surface area (Å²) in [4.78, 5) is 12.1. The molecule has 3 heteroatoms. The number of benzene rings is 1. The van der Waals surface area contributed by atoms with Gasteiger partial charge in [-0.25, -0.2) is 0 Å². The number of hydrogen-bond donors (Lipinski definition) is 1. The molecule has 0 bridgehead atoms. The molecule has 1 atom stereocenters. The molecule has 1 aromatic carbocycles. The maximum absolute atomic E-state index is 12.1. The van der Waals surface area contributed by atoms with Gasteiger partial charge in [-0.15, -0.1) is 0 Å². The van der Waals surface area contributed by atoms with Crippen LogP contribution in [0.15, 0.2) is 12.1 Å². The summed E-state index contributed by atoms with van der Waals surface area (Å²) in [6.07, 6.45) is 0. The summed E-state index contributed by atoms with van der Waals surface area (Å²) in [7, 11) is 0. The van der Waals surface area contributed by atoms with E-state index in [-0.39, 0.29) is 11.8 Å². The Morgan fingerprint density at radius 3 is 2.56 bits per heavy atom. The van der Waals surface area contributed by atoms with Gasteiger partial charge in [0.1, 0.15) is 0 Å². The van der Waals surface area contributed by atoms with E-state index in [1.54, 1.807) is 0 Å². The van der Waals surface area contributed by atoms with Crippen molar-refractivity contribution in [1.82, 2.24) is 0 Å². The highest BCUT2D eigenvalue weighted by Gasteiger charge is 2.46. The van der Waals surface area contributed by atoms with Gasteiger partial charge in [0.15, 0.2) is 0 Å². The Balaban J connectivity index is 2.70. The van der Waals surface area contributed by atoms with Crippen LogP contribution < -0.4 is 5.32 Å². The third-order valence-corrected chi connectivity index (χ3v) is 3.93. The lowest BCUT2D eigenvalue weighted by atomic mass is 9.74. The van der Waals surface area contributed by atoms with E-state index in [4.69, 9.17) is 11.6 Å². The van der Waals surface area contributed by atoms with Gasteiger partial charge < -0.3 is 5.32 Å². The number of fused-ring (bicyclic) bond motifs is 1. The normalized spacial score (nSPS) is 23.5. The predicted molar refractivity (Wildman–Crippen MR) is 67.0 cm³/mol. The third-order valence-electron chi connectivity index (χ3n) is 3.63. The first-order valence-electron chi connectivity index (χ1n) is 5.49. The van der Waals surface area contributed by atoms with Crippen LogP contribution >= 0.6 is 11.6 Å². The van der Waals surface area contributed by atoms with E-state index >= 15 is 0 Å². The molecule has 0 fully saturated rings. The number of amides is 1. The molecule has 1 unspecified atom stereocenters. The molecule has 16 heavy (non-hydrogen) atoms. The molecule has 1 amide bonds. The maximum atomic E-state index is 12.1. The monoisotopic (exact) mass is 237 g/mol. The highest BCUT2D eigenvalue weighted by molar-refractivity contribution is 6.33. The largest absolute Gasteiger partial charge is 0.325 e. The fourth-order valence-electron chi connectivity index (χ4n) is 2.29. The molecule has 0 aromatic heterocycles. The Morgan fingerprint density at radius 1 is 1.38 bits per heavy atom. The quantitative estimate of drug-likeness (QED) is 0.796. The van der Waals surface area contributed by atoms with Crippen molar-refractivity contribution < 1.29 is 4.79 Å². The summed E-state index contributed by atoms with van der Waals surface area (Å²) in [5.74, 6) is 0.263. The standard InChI is InChI=1S/C13H16ClNO/c1-7(2)13(4)11-9(14)5-8(3)6-10(11)15-12(13)16/h5-7H,1-4H3,(H,15,16). The summed E-state index contributed by atoms with van der Waals surface area (Å²) in [5.41, 5.74) is 2.36. The Bertz CT molecular complexity index is 467. The highest BCUT2D eigenvalue weighted by atomic mass is 35.5. The van der Waals surface area contributed by atoms with E-state index < -0.39 is 5.41 Å². The zero-order chi connectivity index (χ0) is 12.1. The van der Waals surface area contributed by atoms with Crippen LogP contribution in [0.2, 0.25) is 5.02 Å². The van der Waals surface area contributed by atoms with Crippen LogP contribution in [0.1, 0.15) is 31.9 Å². The van der Waals surface area contributed by atoms with Gasteiger partial charge in [-0.3, -0.25) is 4.79 Å². The zero-order valence-corrected chi connectivity index (χ0v) is 10.8. The Labute approximate surface area is 101 Å². The van der Waals surface area contributed by atoms with Crippen molar-refractivity contribution in [3.05, 3.63) is 28.3 Å². The molecule has 1 aliphatic rings. The zero-order valence-electron chi connectivity index (χ0n) is 10.0. The van der Waals surface area contributed by atoms with Gasteiger partial charge in [0.25, 0.3) is 0 Å². The minimum atomic E-state index is -0.514. The van der Waals surface area contributed by atoms with Gasteiger partial charge in [0, 0.05) is 16.3 Å². The van der Waals surface area contributed by atoms with Gasteiger partial charge in [-0.1, -0.05) is 25.4 Å². The number of rotatable bonds is 1. The number of nitrogens with one attached hydrogen (secondary N) is 1. The predicted octanol–water partition coefficient (Wildman–Crippen LogP) is 3.51. The number of hydrogen-bond acceptors (Lipinski definition) is 1. The van der Waals surface area contributed by atoms with Crippen LogP contribution in [-0.4, -0.2) is 5.91 Å². The van der Waals surface area contributed by atoms with Crippen molar-refractivity contribution in [3.8, 4) is 0 Å². The van der Waals surface area contributed by atoms with Crippen LogP contribution in [-0.2, 0) is 10.2 Å². The Kier molecular flexibility index (Phi) is 2.50. The van der Waals surface area contributed by atoms with Crippen molar-refractivity contribution in [2.75, 3.05) is 5.32 Å². The van der Waals surface area contributed by atoms with Crippen molar-refractivity contribution in [1.29, 1.82) is 0 Å². The van der Waals surface area contributed by atoms with Crippen LogP contribution in [0.5, 0.6) is 0 Å². The Morgan fingerprint density at radius 2 is 2.00 bits per heavy atom. The molecule has 0 saturated carbocycles. The van der Waals surface area contributed by atoms with E-state index in [0.717, 1.165) is 16.8 Å². The van der Waals surface area contributed by atoms with Gasteiger partial charge in [-0.05, 0) is 37.5 Å². The first kappa shape index (κ1) is 11.5. The van der Waals surface area contributed by atoms with Crippen molar-refractivity contribution >= 4 is 23.2 Å². The lowest BCUT2D eigenvalue weighted by Gasteiger charge is -2.27. The molecule has 1 N–H and O–H groups in total. The first-order valence-corrected chi connectivity index (χ1v) is 5.87. The third kappa shape index (κ3) is 1.36. The minimum absolute atomic E-state index is 0.0463. The van der Waals surface area contributed by atoms with E-state index in [1.165, 1.54) is 0 Å². The molecule has 0 radical (unpaired) electrons. The van der Waals surface area contributed by atoms with Crippen LogP contribution in [0.3, 0.4) is 0 Å². The summed E-state index contributed by atoms with van der Waals surface area (Å²) in [5, 5.41) is 3.61. The van der Waals surface area contributed by atoms with E-state index in [2.05, 4.69) is 5.32 Å². The second-order valence-electron chi connectivity index (χ2n) is 4.98. The van der Waals surface area contributed by atoms with E-state index in [0.29, 0.717) is 5.02 Å². The fraction of sp³-hybridized carbons (Fsp3) is 0.462. The van der Waals surface area contributed by atoms with Gasteiger partial charge >= 0.3 is 0 Å². The molecule has 1 aliphatic heterocycles. The molecule has 0 spiro atoms. The molecule has 0 saturated heterocycles. The lowest BCUT2D eigenvalue weighted by Crippen LogP contribution is -2.36. The van der Waals surface area contributed by atoms with E-state index in [1.807, 2.05) is 39.8 Å². The smallest absolute Gasteiger partial charge is 0.235 e. The van der Waals surface area contributed by atoms with Crippen molar-refractivity contribution in [2.24, 2.45) is 5.92 Å². The van der Waals surface area contributed by atoms with Crippen LogP contribution in [0.4, 0.5) is 5.69 Å². The number of halogens is 1. The lowest BCUT2D eigenvalue weighted by molar-refractivity contribution is -0.121. The van der Waals surface area contributed by atoms with Crippen molar-refractivity contribution in [2.45, 2.75) is 33.1 Å². The average Bonchev–Trinajstić information content (AvgIpc) is 2.39. The highest BCUT2D eigenvalue weighted by Crippen LogP contribution is 2.46.